The van der Waals surface area contributed by atoms with Crippen molar-refractivity contribution < 1.29 is 14.5 Å². The molecule has 0 atom stereocenters. The first-order valence-corrected chi connectivity index (χ1v) is 9.96. The Balaban J connectivity index is 1.39. The molecule has 0 saturated carbocycles. The van der Waals surface area contributed by atoms with Gasteiger partial charge in [0, 0.05) is 23.1 Å². The van der Waals surface area contributed by atoms with E-state index in [1.165, 1.54) is 23.5 Å². The Bertz CT molecular complexity index is 1200. The lowest BCUT2D eigenvalue weighted by Gasteiger charge is -2.06. The van der Waals surface area contributed by atoms with Crippen molar-refractivity contribution in [3.63, 3.8) is 0 Å². The number of amides is 1. The summed E-state index contributed by atoms with van der Waals surface area (Å²) in [6.07, 6.45) is 0.163. The number of non-ortho nitro benzene ring substituents is 1. The van der Waals surface area contributed by atoms with Crippen LogP contribution in [0.25, 0.3) is 16.2 Å². The number of aromatic nitrogens is 3. The fraction of sp³-hybridized carbons (Fsp3) is 0.150. The first-order chi connectivity index (χ1) is 14.5. The molecular formula is C20H17N5O4S. The Hall–Kier alpha value is -3.79. The molecule has 0 aliphatic heterocycles. The lowest BCUT2D eigenvalue weighted by atomic mass is 10.1. The quantitative estimate of drug-likeness (QED) is 0.354. The van der Waals surface area contributed by atoms with E-state index in [9.17, 15) is 14.9 Å². The van der Waals surface area contributed by atoms with Gasteiger partial charge >= 0.3 is 0 Å². The van der Waals surface area contributed by atoms with E-state index in [0.29, 0.717) is 10.7 Å². The molecule has 30 heavy (non-hydrogen) atoms. The summed E-state index contributed by atoms with van der Waals surface area (Å²) < 4.78 is 7.17. The van der Waals surface area contributed by atoms with E-state index in [2.05, 4.69) is 15.4 Å². The van der Waals surface area contributed by atoms with Crippen LogP contribution >= 0.6 is 11.3 Å². The van der Waals surface area contributed by atoms with E-state index < -0.39 is 4.92 Å². The summed E-state index contributed by atoms with van der Waals surface area (Å²) in [6.45, 7) is 2.23. The summed E-state index contributed by atoms with van der Waals surface area (Å²) in [4.78, 5) is 27.5. The molecule has 0 unspecified atom stereocenters. The van der Waals surface area contributed by atoms with Crippen LogP contribution in [0.5, 0.6) is 5.75 Å². The molecule has 0 radical (unpaired) electrons. The molecule has 0 saturated heterocycles. The van der Waals surface area contributed by atoms with Crippen molar-refractivity contribution in [2.75, 3.05) is 11.9 Å². The predicted molar refractivity (Wildman–Crippen MR) is 113 cm³/mol. The van der Waals surface area contributed by atoms with Crippen LogP contribution in [0.4, 0.5) is 11.6 Å². The summed E-state index contributed by atoms with van der Waals surface area (Å²) in [5, 5.41) is 19.7. The highest BCUT2D eigenvalue weighted by molar-refractivity contribution is 7.15. The van der Waals surface area contributed by atoms with Crippen LogP contribution in [0.3, 0.4) is 0 Å². The maximum Gasteiger partial charge on any atom is 0.269 e. The average Bonchev–Trinajstić information content (AvgIpc) is 3.29. The van der Waals surface area contributed by atoms with Crippen molar-refractivity contribution in [3.8, 4) is 17.0 Å². The number of aryl methyl sites for hydroxylation is 1. The van der Waals surface area contributed by atoms with Gasteiger partial charge in [0.05, 0.1) is 23.6 Å². The summed E-state index contributed by atoms with van der Waals surface area (Å²) in [7, 11) is 0. The summed E-state index contributed by atoms with van der Waals surface area (Å²) in [5.74, 6) is 0.657. The highest BCUT2D eigenvalue weighted by Gasteiger charge is 2.14. The standard InChI is InChI=1S/C20H17N5O4S/c1-13-2-8-16(9-3-13)29-11-10-18(26)21-19-22-20-24(23-19)17(12-30-20)14-4-6-15(7-5-14)25(27)28/h2-9,12H,10-11H2,1H3,(H,21,23,26). The molecule has 2 aromatic carbocycles. The second-order valence-electron chi connectivity index (χ2n) is 6.51. The number of hydrogen-bond donors (Lipinski definition) is 1. The number of nitro benzene ring substituents is 1. The molecule has 4 rings (SSSR count). The highest BCUT2D eigenvalue weighted by atomic mass is 32.1. The molecular weight excluding hydrogens is 406 g/mol. The number of benzene rings is 2. The maximum absolute atomic E-state index is 12.2. The molecule has 0 aliphatic rings. The Kier molecular flexibility index (Phi) is 5.40. The van der Waals surface area contributed by atoms with Gasteiger partial charge in [-0.1, -0.05) is 17.7 Å². The Morgan fingerprint density at radius 2 is 1.93 bits per heavy atom. The van der Waals surface area contributed by atoms with Gasteiger partial charge in [-0.05, 0) is 31.2 Å². The topological polar surface area (TPSA) is 112 Å². The van der Waals surface area contributed by atoms with Crippen molar-refractivity contribution in [1.29, 1.82) is 0 Å². The average molecular weight is 423 g/mol. The highest BCUT2D eigenvalue weighted by Crippen LogP contribution is 2.27. The second kappa shape index (κ2) is 8.29. The Morgan fingerprint density at radius 3 is 2.63 bits per heavy atom. The molecule has 1 N–H and O–H groups in total. The summed E-state index contributed by atoms with van der Waals surface area (Å²) in [6, 6.07) is 13.8. The zero-order valence-corrected chi connectivity index (χ0v) is 16.8. The van der Waals surface area contributed by atoms with Gasteiger partial charge in [0.1, 0.15) is 5.75 Å². The van der Waals surface area contributed by atoms with Gasteiger partial charge in [0.25, 0.3) is 5.69 Å². The van der Waals surface area contributed by atoms with Crippen LogP contribution in [0.15, 0.2) is 53.9 Å². The number of ether oxygens (including phenoxy) is 1. The smallest absolute Gasteiger partial charge is 0.269 e. The molecule has 2 aromatic heterocycles. The zero-order valence-electron chi connectivity index (χ0n) is 15.9. The number of carbonyl (C=O) groups is 1. The number of hydrogen-bond acceptors (Lipinski definition) is 7. The number of anilines is 1. The van der Waals surface area contributed by atoms with E-state index in [1.807, 2.05) is 36.6 Å². The van der Waals surface area contributed by atoms with Crippen molar-refractivity contribution in [3.05, 3.63) is 69.6 Å². The third-order valence-electron chi connectivity index (χ3n) is 4.33. The number of carbonyl (C=O) groups excluding carboxylic acids is 1. The fourth-order valence-electron chi connectivity index (χ4n) is 2.77. The molecule has 0 spiro atoms. The maximum atomic E-state index is 12.2. The van der Waals surface area contributed by atoms with Gasteiger partial charge in [0.2, 0.25) is 16.8 Å². The van der Waals surface area contributed by atoms with Crippen LogP contribution in [0, 0.1) is 17.0 Å². The molecule has 152 valence electrons. The lowest BCUT2D eigenvalue weighted by molar-refractivity contribution is -0.384. The molecule has 9 nitrogen and oxygen atoms in total. The number of fused-ring (bicyclic) bond motifs is 1. The Labute approximate surface area is 175 Å². The van der Waals surface area contributed by atoms with E-state index in [0.717, 1.165) is 16.8 Å². The number of nitro groups is 1. The number of nitrogens with zero attached hydrogens (tertiary/aromatic N) is 4. The molecule has 1 amide bonds. The zero-order chi connectivity index (χ0) is 21.1. The molecule has 2 heterocycles. The van der Waals surface area contributed by atoms with Gasteiger partial charge in [-0.2, -0.15) is 4.98 Å². The van der Waals surface area contributed by atoms with Crippen LogP contribution in [-0.4, -0.2) is 32.0 Å². The van der Waals surface area contributed by atoms with Crippen LogP contribution in [0.1, 0.15) is 12.0 Å². The number of nitrogens with one attached hydrogen (secondary N) is 1. The van der Waals surface area contributed by atoms with Gasteiger partial charge in [-0.3, -0.25) is 20.2 Å². The third kappa shape index (κ3) is 4.28. The predicted octanol–water partition coefficient (Wildman–Crippen LogP) is 4.08. The summed E-state index contributed by atoms with van der Waals surface area (Å²) in [5.41, 5.74) is 2.66. The van der Waals surface area contributed by atoms with E-state index in [-0.39, 0.29) is 30.6 Å². The van der Waals surface area contributed by atoms with E-state index in [4.69, 9.17) is 4.74 Å². The largest absolute Gasteiger partial charge is 0.493 e. The number of thiazole rings is 1. The molecule has 4 aromatic rings. The Morgan fingerprint density at radius 1 is 1.20 bits per heavy atom. The minimum Gasteiger partial charge on any atom is -0.493 e. The van der Waals surface area contributed by atoms with Crippen molar-refractivity contribution in [2.45, 2.75) is 13.3 Å². The van der Waals surface area contributed by atoms with Crippen LogP contribution in [-0.2, 0) is 4.79 Å². The first kappa shape index (κ1) is 19.5. The van der Waals surface area contributed by atoms with E-state index in [1.54, 1.807) is 16.6 Å². The van der Waals surface area contributed by atoms with Crippen molar-refractivity contribution in [2.24, 2.45) is 0 Å². The van der Waals surface area contributed by atoms with E-state index >= 15 is 0 Å². The monoisotopic (exact) mass is 423 g/mol. The number of rotatable bonds is 7. The van der Waals surface area contributed by atoms with Crippen LogP contribution < -0.4 is 10.1 Å². The van der Waals surface area contributed by atoms with Gasteiger partial charge in [-0.25, -0.2) is 4.52 Å². The molecule has 10 heteroatoms. The minimum atomic E-state index is -0.446. The van der Waals surface area contributed by atoms with Gasteiger partial charge < -0.3 is 4.74 Å². The SMILES string of the molecule is Cc1ccc(OCCC(=O)Nc2nc3scc(-c4ccc([N+](=O)[O-])cc4)n3n2)cc1. The molecule has 0 fully saturated rings. The normalized spacial score (nSPS) is 10.8. The van der Waals surface area contributed by atoms with Crippen molar-refractivity contribution >= 4 is 33.8 Å². The third-order valence-corrected chi connectivity index (χ3v) is 5.14. The van der Waals surface area contributed by atoms with Crippen LogP contribution in [0.2, 0.25) is 0 Å². The molecule has 0 bridgehead atoms. The first-order valence-electron chi connectivity index (χ1n) is 9.08. The van der Waals surface area contributed by atoms with Crippen molar-refractivity contribution in [1.82, 2.24) is 14.6 Å². The minimum absolute atomic E-state index is 0.0182. The lowest BCUT2D eigenvalue weighted by Crippen LogP contribution is -2.16. The molecule has 0 aliphatic carbocycles. The van der Waals surface area contributed by atoms with Gasteiger partial charge in [0.15, 0.2) is 0 Å². The van der Waals surface area contributed by atoms with Gasteiger partial charge in [-0.15, -0.1) is 16.4 Å². The fourth-order valence-corrected chi connectivity index (χ4v) is 3.60. The summed E-state index contributed by atoms with van der Waals surface area (Å²) >= 11 is 1.36. The second-order valence-corrected chi connectivity index (χ2v) is 7.35.